The van der Waals surface area contributed by atoms with Gasteiger partial charge in [0, 0.05) is 6.04 Å². The number of allylic oxidation sites excluding steroid dienone is 1. The molecule has 2 nitrogen and oxygen atoms in total. The van der Waals surface area contributed by atoms with Crippen LogP contribution in [0.2, 0.25) is 0 Å². The molecule has 0 aliphatic carbocycles. The van der Waals surface area contributed by atoms with E-state index < -0.39 is 0 Å². The number of nitrogens with one attached hydrogen (secondary N) is 1. The van der Waals surface area contributed by atoms with E-state index in [-0.39, 0.29) is 0 Å². The van der Waals surface area contributed by atoms with Crippen molar-refractivity contribution in [3.05, 3.63) is 12.7 Å². The molecule has 0 fully saturated rings. The third kappa shape index (κ3) is 8.00. The van der Waals surface area contributed by atoms with Crippen molar-refractivity contribution < 1.29 is 0 Å². The van der Waals surface area contributed by atoms with Crippen LogP contribution in [0.25, 0.3) is 0 Å². The molecule has 0 aliphatic heterocycles. The van der Waals surface area contributed by atoms with Gasteiger partial charge in [-0.2, -0.15) is 0 Å². The van der Waals surface area contributed by atoms with Gasteiger partial charge in [-0.3, -0.25) is 11.3 Å². The minimum Gasteiger partial charge on any atom is -0.271 e. The number of hydrazine groups is 1. The summed E-state index contributed by atoms with van der Waals surface area (Å²) in [5, 5.41) is 0. The van der Waals surface area contributed by atoms with Crippen molar-refractivity contribution in [2.75, 3.05) is 0 Å². The van der Waals surface area contributed by atoms with E-state index >= 15 is 0 Å². The summed E-state index contributed by atoms with van der Waals surface area (Å²) in [6, 6.07) is 0.506. The Balaban J connectivity index is 3.33. The van der Waals surface area contributed by atoms with Crippen LogP contribution in [0, 0.1) is 0 Å². The Bertz CT molecular complexity index is 113. The van der Waals surface area contributed by atoms with Gasteiger partial charge in [-0.1, -0.05) is 32.3 Å². The summed E-state index contributed by atoms with van der Waals surface area (Å²) < 4.78 is 0. The molecule has 1 unspecified atom stereocenters. The molecule has 0 aliphatic rings. The summed E-state index contributed by atoms with van der Waals surface area (Å²) in [5.74, 6) is 5.46. The largest absolute Gasteiger partial charge is 0.271 e. The van der Waals surface area contributed by atoms with Crippen molar-refractivity contribution in [2.24, 2.45) is 5.84 Å². The Morgan fingerprint density at radius 2 is 2.00 bits per heavy atom. The van der Waals surface area contributed by atoms with Crippen molar-refractivity contribution in [3.8, 4) is 0 Å². The van der Waals surface area contributed by atoms with Gasteiger partial charge in [0.1, 0.15) is 0 Å². The Labute approximate surface area is 82.6 Å². The lowest BCUT2D eigenvalue weighted by Crippen LogP contribution is -2.34. The minimum atomic E-state index is 0.506. The van der Waals surface area contributed by atoms with Crippen LogP contribution in [0.4, 0.5) is 0 Å². The molecule has 0 aromatic heterocycles. The zero-order chi connectivity index (χ0) is 9.94. The predicted molar refractivity (Wildman–Crippen MR) is 59.3 cm³/mol. The van der Waals surface area contributed by atoms with Crippen LogP contribution in [0.5, 0.6) is 0 Å². The highest BCUT2D eigenvalue weighted by Gasteiger charge is 2.04. The number of nitrogens with two attached hydrogens (primary N) is 1. The molecule has 0 aromatic carbocycles. The number of unbranched alkanes of at least 4 members (excludes halogenated alkanes) is 3. The lowest BCUT2D eigenvalue weighted by Gasteiger charge is -2.14. The highest BCUT2D eigenvalue weighted by molar-refractivity contribution is 4.70. The fourth-order valence-electron chi connectivity index (χ4n) is 1.46. The number of hydrogen-bond donors (Lipinski definition) is 2. The first-order chi connectivity index (χ1) is 6.35. The molecule has 1 atom stereocenters. The molecule has 0 amide bonds. The smallest absolute Gasteiger partial charge is 0.0210 e. The van der Waals surface area contributed by atoms with Gasteiger partial charge >= 0.3 is 0 Å². The highest BCUT2D eigenvalue weighted by Crippen LogP contribution is 2.09. The van der Waals surface area contributed by atoms with E-state index in [0.29, 0.717) is 6.04 Å². The second-order valence-electron chi connectivity index (χ2n) is 3.58. The fraction of sp³-hybridized carbons (Fsp3) is 0.818. The number of hydrogen-bond acceptors (Lipinski definition) is 2. The van der Waals surface area contributed by atoms with Crippen LogP contribution < -0.4 is 11.3 Å². The van der Waals surface area contributed by atoms with Gasteiger partial charge < -0.3 is 0 Å². The summed E-state index contributed by atoms with van der Waals surface area (Å²) in [6.45, 7) is 5.93. The van der Waals surface area contributed by atoms with Gasteiger partial charge in [0.25, 0.3) is 0 Å². The third-order valence-corrected chi connectivity index (χ3v) is 2.35. The quantitative estimate of drug-likeness (QED) is 0.250. The standard InChI is InChI=1S/C11H24N2/c1-3-5-7-9-11(13-12)10-8-6-4-2/h3,11,13H,1,4-10,12H2,2H3. The molecule has 0 saturated heterocycles. The molecular weight excluding hydrogens is 160 g/mol. The molecule has 2 heteroatoms. The van der Waals surface area contributed by atoms with Crippen molar-refractivity contribution in [1.82, 2.24) is 5.43 Å². The zero-order valence-corrected chi connectivity index (χ0v) is 8.89. The molecule has 13 heavy (non-hydrogen) atoms. The van der Waals surface area contributed by atoms with Crippen molar-refractivity contribution >= 4 is 0 Å². The normalized spacial score (nSPS) is 12.8. The molecule has 0 heterocycles. The Hall–Kier alpha value is -0.340. The molecular formula is C11H24N2. The summed E-state index contributed by atoms with van der Waals surface area (Å²) >= 11 is 0. The van der Waals surface area contributed by atoms with E-state index in [9.17, 15) is 0 Å². The molecule has 0 saturated carbocycles. The first kappa shape index (κ1) is 12.7. The minimum absolute atomic E-state index is 0.506. The maximum Gasteiger partial charge on any atom is 0.0210 e. The maximum absolute atomic E-state index is 5.46. The SMILES string of the molecule is C=CCCCC(CCCCC)NN. The third-order valence-electron chi connectivity index (χ3n) is 2.35. The second-order valence-corrected chi connectivity index (χ2v) is 3.58. The average Bonchev–Trinajstić information content (AvgIpc) is 2.16. The molecule has 3 N–H and O–H groups in total. The number of rotatable bonds is 9. The molecule has 0 bridgehead atoms. The zero-order valence-electron chi connectivity index (χ0n) is 8.89. The summed E-state index contributed by atoms with van der Waals surface area (Å²) in [7, 11) is 0. The van der Waals surface area contributed by atoms with E-state index in [1.54, 1.807) is 0 Å². The van der Waals surface area contributed by atoms with E-state index in [4.69, 9.17) is 5.84 Å². The van der Waals surface area contributed by atoms with Crippen molar-refractivity contribution in [3.63, 3.8) is 0 Å². The Kier molecular flexibility index (Phi) is 9.49. The van der Waals surface area contributed by atoms with Crippen molar-refractivity contribution in [1.29, 1.82) is 0 Å². The van der Waals surface area contributed by atoms with Gasteiger partial charge in [0.05, 0.1) is 0 Å². The van der Waals surface area contributed by atoms with Gasteiger partial charge in [-0.05, 0) is 25.7 Å². The van der Waals surface area contributed by atoms with Crippen LogP contribution >= 0.6 is 0 Å². The van der Waals surface area contributed by atoms with E-state index in [0.717, 1.165) is 6.42 Å². The molecule has 0 rings (SSSR count). The van der Waals surface area contributed by atoms with Gasteiger partial charge in [0.15, 0.2) is 0 Å². The summed E-state index contributed by atoms with van der Waals surface area (Å²) in [5.41, 5.74) is 2.89. The van der Waals surface area contributed by atoms with Crippen LogP contribution in [0.3, 0.4) is 0 Å². The fourth-order valence-corrected chi connectivity index (χ4v) is 1.46. The Morgan fingerprint density at radius 1 is 1.31 bits per heavy atom. The highest BCUT2D eigenvalue weighted by atomic mass is 15.2. The van der Waals surface area contributed by atoms with Crippen LogP contribution in [0.15, 0.2) is 12.7 Å². The Morgan fingerprint density at radius 3 is 2.54 bits per heavy atom. The topological polar surface area (TPSA) is 38.0 Å². The average molecular weight is 184 g/mol. The molecule has 0 radical (unpaired) electrons. The van der Waals surface area contributed by atoms with Gasteiger partial charge in [0.2, 0.25) is 0 Å². The summed E-state index contributed by atoms with van der Waals surface area (Å²) in [6.07, 6.45) is 10.5. The molecule has 0 aromatic rings. The maximum atomic E-state index is 5.46. The molecule has 0 spiro atoms. The van der Waals surface area contributed by atoms with Crippen molar-refractivity contribution in [2.45, 2.75) is 57.9 Å². The second kappa shape index (κ2) is 9.75. The van der Waals surface area contributed by atoms with E-state index in [2.05, 4.69) is 18.9 Å². The van der Waals surface area contributed by atoms with Gasteiger partial charge in [-0.15, -0.1) is 6.58 Å². The first-order valence-electron chi connectivity index (χ1n) is 5.42. The lowest BCUT2D eigenvalue weighted by molar-refractivity contribution is 0.434. The predicted octanol–water partition coefficient (Wildman–Crippen LogP) is 2.75. The van der Waals surface area contributed by atoms with E-state index in [1.165, 1.54) is 38.5 Å². The monoisotopic (exact) mass is 184 g/mol. The van der Waals surface area contributed by atoms with Crippen LogP contribution in [-0.4, -0.2) is 6.04 Å². The lowest BCUT2D eigenvalue weighted by atomic mass is 10.0. The van der Waals surface area contributed by atoms with Crippen LogP contribution in [0.1, 0.15) is 51.9 Å². The first-order valence-corrected chi connectivity index (χ1v) is 5.42. The van der Waals surface area contributed by atoms with E-state index in [1.807, 2.05) is 6.08 Å². The van der Waals surface area contributed by atoms with Crippen LogP contribution in [-0.2, 0) is 0 Å². The molecule has 78 valence electrons. The van der Waals surface area contributed by atoms with Gasteiger partial charge in [-0.25, -0.2) is 0 Å². The summed E-state index contributed by atoms with van der Waals surface area (Å²) in [4.78, 5) is 0.